The van der Waals surface area contributed by atoms with Crippen LogP contribution in [0.1, 0.15) is 31.7 Å². The zero-order valence-corrected chi connectivity index (χ0v) is 16.2. The van der Waals surface area contributed by atoms with Crippen LogP contribution in [0.3, 0.4) is 0 Å². The smallest absolute Gasteiger partial charge is 0.328 e. The minimum absolute atomic E-state index is 0.0606. The summed E-state index contributed by atoms with van der Waals surface area (Å²) in [6, 6.07) is 4.88. The first-order valence-corrected chi connectivity index (χ1v) is 8.84. The van der Waals surface area contributed by atoms with E-state index in [1.807, 2.05) is 32.0 Å². The third-order valence-electron chi connectivity index (χ3n) is 3.45. The number of thiocarbonyl (C=S) groups is 1. The summed E-state index contributed by atoms with van der Waals surface area (Å²) in [6.07, 6.45) is 2.28. The number of carbonyl (C=O) groups excluding carboxylic acids is 2. The number of halogens is 1. The van der Waals surface area contributed by atoms with Gasteiger partial charge in [-0.2, -0.15) is 0 Å². The molecule has 0 fully saturated rings. The Labute approximate surface area is 158 Å². The maximum Gasteiger partial charge on any atom is 0.328 e. The molecule has 0 saturated heterocycles. The fourth-order valence-corrected chi connectivity index (χ4v) is 2.56. The number of amides is 1. The predicted octanol–water partition coefficient (Wildman–Crippen LogP) is 2.78. The molecule has 0 heterocycles. The molecule has 1 aromatic rings. The van der Waals surface area contributed by atoms with Crippen LogP contribution in [-0.2, 0) is 14.3 Å². The molecule has 0 saturated carbocycles. The molecule has 0 bridgehead atoms. The van der Waals surface area contributed by atoms with Crippen molar-refractivity contribution in [3.8, 4) is 0 Å². The zero-order valence-electron chi connectivity index (χ0n) is 14.6. The van der Waals surface area contributed by atoms with Gasteiger partial charge in [0.25, 0.3) is 0 Å². The molecule has 1 atom stereocenters. The van der Waals surface area contributed by atoms with Gasteiger partial charge in [-0.15, -0.1) is 0 Å². The summed E-state index contributed by atoms with van der Waals surface area (Å²) in [7, 11) is 1.30. The number of aryl methyl sites for hydroxylation is 1. The number of carbonyl (C=O) groups is 2. The second-order valence-corrected chi connectivity index (χ2v) is 6.39. The molecule has 25 heavy (non-hydrogen) atoms. The lowest BCUT2D eigenvalue weighted by Gasteiger charge is -2.17. The number of benzene rings is 1. The summed E-state index contributed by atoms with van der Waals surface area (Å²) in [6.45, 7) is 3.89. The summed E-state index contributed by atoms with van der Waals surface area (Å²) >= 11 is 11.3. The van der Waals surface area contributed by atoms with E-state index in [2.05, 4.69) is 16.0 Å². The van der Waals surface area contributed by atoms with E-state index >= 15 is 0 Å². The van der Waals surface area contributed by atoms with Gasteiger partial charge in [0.2, 0.25) is 5.91 Å². The summed E-state index contributed by atoms with van der Waals surface area (Å²) in [5, 5.41) is 9.18. The minimum Gasteiger partial charge on any atom is -0.467 e. The molecule has 0 aromatic heterocycles. The van der Waals surface area contributed by atoms with E-state index in [9.17, 15) is 9.59 Å². The van der Waals surface area contributed by atoms with E-state index < -0.39 is 12.0 Å². The van der Waals surface area contributed by atoms with Crippen LogP contribution < -0.4 is 16.0 Å². The van der Waals surface area contributed by atoms with E-state index in [1.165, 1.54) is 7.11 Å². The maximum absolute atomic E-state index is 12.0. The molecule has 1 amide bonds. The largest absolute Gasteiger partial charge is 0.467 e. The molecule has 0 radical (unpaired) electrons. The Kier molecular flexibility index (Phi) is 9.23. The van der Waals surface area contributed by atoms with Crippen LogP contribution in [0.15, 0.2) is 18.2 Å². The summed E-state index contributed by atoms with van der Waals surface area (Å²) in [4.78, 5) is 23.7. The van der Waals surface area contributed by atoms with Gasteiger partial charge in [-0.1, -0.05) is 37.4 Å². The Morgan fingerprint density at radius 3 is 2.68 bits per heavy atom. The van der Waals surface area contributed by atoms with Gasteiger partial charge in [-0.3, -0.25) is 4.79 Å². The van der Waals surface area contributed by atoms with E-state index in [0.717, 1.165) is 18.4 Å². The Morgan fingerprint density at radius 2 is 2.08 bits per heavy atom. The van der Waals surface area contributed by atoms with Crippen LogP contribution in [0.5, 0.6) is 0 Å². The third kappa shape index (κ3) is 7.70. The summed E-state index contributed by atoms with van der Waals surface area (Å²) < 4.78 is 4.71. The van der Waals surface area contributed by atoms with Crippen LogP contribution in [0.4, 0.5) is 5.69 Å². The molecule has 8 heteroatoms. The van der Waals surface area contributed by atoms with Crippen molar-refractivity contribution < 1.29 is 14.3 Å². The molecule has 0 aliphatic rings. The number of ether oxygens (including phenoxy) is 1. The molecule has 1 unspecified atom stereocenters. The molecule has 6 nitrogen and oxygen atoms in total. The van der Waals surface area contributed by atoms with Crippen molar-refractivity contribution in [3.63, 3.8) is 0 Å². The van der Waals surface area contributed by atoms with Crippen LogP contribution in [0.2, 0.25) is 5.02 Å². The van der Waals surface area contributed by atoms with Gasteiger partial charge < -0.3 is 20.7 Å². The normalized spacial score (nSPS) is 11.4. The SMILES string of the molecule is CCCCC(NC(=O)CNC(=S)Nc1ccc(C)cc1Cl)C(=O)OC. The highest BCUT2D eigenvalue weighted by molar-refractivity contribution is 7.80. The first-order chi connectivity index (χ1) is 11.9. The fraction of sp³-hybridized carbons (Fsp3) is 0.471. The Hall–Kier alpha value is -1.86. The zero-order chi connectivity index (χ0) is 18.8. The van der Waals surface area contributed by atoms with Gasteiger partial charge in [-0.25, -0.2) is 4.79 Å². The lowest BCUT2D eigenvalue weighted by molar-refractivity contribution is -0.145. The Balaban J connectivity index is 2.48. The van der Waals surface area contributed by atoms with Crippen LogP contribution in [-0.4, -0.2) is 36.7 Å². The standard InChI is InChI=1S/C17H24ClN3O3S/c1-4-5-6-14(16(23)24-3)20-15(22)10-19-17(25)21-13-8-7-11(2)9-12(13)18/h7-9,14H,4-6,10H2,1-3H3,(H,20,22)(H2,19,21,25). The molecule has 3 N–H and O–H groups in total. The van der Waals surface area contributed by atoms with Crippen molar-refractivity contribution in [3.05, 3.63) is 28.8 Å². The average molecular weight is 386 g/mol. The number of anilines is 1. The van der Waals surface area contributed by atoms with Crippen LogP contribution >= 0.6 is 23.8 Å². The topological polar surface area (TPSA) is 79.5 Å². The van der Waals surface area contributed by atoms with Crippen molar-refractivity contribution in [2.45, 2.75) is 39.2 Å². The van der Waals surface area contributed by atoms with E-state index in [-0.39, 0.29) is 17.6 Å². The number of esters is 1. The Morgan fingerprint density at radius 1 is 1.36 bits per heavy atom. The lowest BCUT2D eigenvalue weighted by atomic mass is 10.1. The number of hydrogen-bond acceptors (Lipinski definition) is 4. The molecule has 138 valence electrons. The minimum atomic E-state index is -0.646. The predicted molar refractivity (Wildman–Crippen MR) is 104 cm³/mol. The van der Waals surface area contributed by atoms with E-state index in [4.69, 9.17) is 28.6 Å². The third-order valence-corrected chi connectivity index (χ3v) is 4.01. The van der Waals surface area contributed by atoms with Crippen molar-refractivity contribution in [1.82, 2.24) is 10.6 Å². The van der Waals surface area contributed by atoms with Gasteiger partial charge in [-0.05, 0) is 43.3 Å². The van der Waals surface area contributed by atoms with Gasteiger partial charge in [0.15, 0.2) is 5.11 Å². The number of rotatable bonds is 8. The highest BCUT2D eigenvalue weighted by Crippen LogP contribution is 2.22. The second-order valence-electron chi connectivity index (χ2n) is 5.58. The van der Waals surface area contributed by atoms with Gasteiger partial charge >= 0.3 is 5.97 Å². The maximum atomic E-state index is 12.0. The fourth-order valence-electron chi connectivity index (χ4n) is 2.09. The highest BCUT2D eigenvalue weighted by atomic mass is 35.5. The molecule has 0 aliphatic heterocycles. The molecule has 0 aliphatic carbocycles. The quantitative estimate of drug-likeness (QED) is 0.471. The monoisotopic (exact) mass is 385 g/mol. The average Bonchev–Trinajstić information content (AvgIpc) is 2.58. The van der Waals surface area contributed by atoms with Crippen molar-refractivity contribution in [2.24, 2.45) is 0 Å². The van der Waals surface area contributed by atoms with Crippen LogP contribution in [0.25, 0.3) is 0 Å². The van der Waals surface area contributed by atoms with Gasteiger partial charge in [0, 0.05) is 0 Å². The van der Waals surface area contributed by atoms with E-state index in [1.54, 1.807) is 0 Å². The van der Waals surface area contributed by atoms with Gasteiger partial charge in [0.1, 0.15) is 6.04 Å². The van der Waals surface area contributed by atoms with Crippen molar-refractivity contribution >= 4 is 46.5 Å². The summed E-state index contributed by atoms with van der Waals surface area (Å²) in [5.41, 5.74) is 1.69. The molecule has 1 rings (SSSR count). The number of methoxy groups -OCH3 is 1. The molecule has 0 spiro atoms. The molecular weight excluding hydrogens is 362 g/mol. The first kappa shape index (κ1) is 21.2. The molecular formula is C17H24ClN3O3S. The Bertz CT molecular complexity index is 625. The van der Waals surface area contributed by atoms with Crippen molar-refractivity contribution in [1.29, 1.82) is 0 Å². The second kappa shape index (κ2) is 10.9. The van der Waals surface area contributed by atoms with Gasteiger partial charge in [0.05, 0.1) is 24.4 Å². The van der Waals surface area contributed by atoms with Crippen LogP contribution in [0, 0.1) is 6.92 Å². The first-order valence-electron chi connectivity index (χ1n) is 8.05. The number of hydrogen-bond donors (Lipinski definition) is 3. The lowest BCUT2D eigenvalue weighted by Crippen LogP contribution is -2.46. The number of unbranched alkanes of at least 4 members (excludes halogenated alkanes) is 1. The van der Waals surface area contributed by atoms with E-state index in [0.29, 0.717) is 17.1 Å². The summed E-state index contributed by atoms with van der Waals surface area (Å²) in [5.74, 6) is -0.792. The van der Waals surface area contributed by atoms with Crippen molar-refractivity contribution in [2.75, 3.05) is 19.0 Å². The highest BCUT2D eigenvalue weighted by Gasteiger charge is 2.20. The molecule has 1 aromatic carbocycles. The number of nitrogens with one attached hydrogen (secondary N) is 3.